The van der Waals surface area contributed by atoms with Crippen molar-refractivity contribution in [3.05, 3.63) is 94.6 Å². The molecule has 0 spiro atoms. The van der Waals surface area contributed by atoms with E-state index in [9.17, 15) is 18.0 Å². The van der Waals surface area contributed by atoms with Crippen LogP contribution in [-0.4, -0.2) is 22.4 Å². The maximum Gasteiger partial charge on any atom is 0.573 e. The number of carboxylic acid groups (broad SMARTS) is 1. The number of fused-ring (bicyclic) bond motifs is 1. The number of carboxylic acids is 1. The largest absolute Gasteiger partial charge is 0.573 e. The molecular formula is C24H16BrF3N2O4. The maximum atomic E-state index is 12.5. The number of benzene rings is 3. The van der Waals surface area contributed by atoms with E-state index >= 15 is 0 Å². The smallest absolute Gasteiger partial charge is 0.478 e. The number of hydrogen-bond acceptors (Lipinski definition) is 5. The lowest BCUT2D eigenvalue weighted by molar-refractivity contribution is -0.274. The fourth-order valence-corrected chi connectivity index (χ4v) is 3.85. The van der Waals surface area contributed by atoms with Gasteiger partial charge in [-0.25, -0.2) is 9.78 Å². The van der Waals surface area contributed by atoms with Gasteiger partial charge in [-0.2, -0.15) is 5.06 Å². The third-order valence-corrected chi connectivity index (χ3v) is 5.54. The van der Waals surface area contributed by atoms with Gasteiger partial charge in [0.1, 0.15) is 5.75 Å². The Labute approximate surface area is 200 Å². The second-order valence-corrected chi connectivity index (χ2v) is 7.93. The fraction of sp³-hybridized carbons (Fsp3) is 0.0833. The first-order chi connectivity index (χ1) is 16.2. The number of ether oxygens (including phenoxy) is 1. The summed E-state index contributed by atoms with van der Waals surface area (Å²) in [6, 6.07) is 18.8. The number of carbonyl (C=O) groups is 1. The summed E-state index contributed by atoms with van der Waals surface area (Å²) >= 11 is 3.58. The molecule has 1 aromatic heterocycles. The average Bonchev–Trinajstić information content (AvgIpc) is 2.80. The van der Waals surface area contributed by atoms with Crippen LogP contribution >= 0.6 is 15.9 Å². The molecule has 10 heteroatoms. The van der Waals surface area contributed by atoms with Crippen molar-refractivity contribution >= 4 is 38.5 Å². The molecule has 0 amide bonds. The normalized spacial score (nSPS) is 11.3. The zero-order valence-corrected chi connectivity index (χ0v) is 18.9. The van der Waals surface area contributed by atoms with E-state index in [0.29, 0.717) is 21.6 Å². The van der Waals surface area contributed by atoms with Crippen molar-refractivity contribution in [3.8, 4) is 11.5 Å². The fourth-order valence-electron chi connectivity index (χ4n) is 3.19. The quantitative estimate of drug-likeness (QED) is 0.270. The highest BCUT2D eigenvalue weighted by Crippen LogP contribution is 2.33. The summed E-state index contributed by atoms with van der Waals surface area (Å²) in [6.07, 6.45) is -3.10. The van der Waals surface area contributed by atoms with Gasteiger partial charge in [0, 0.05) is 17.0 Å². The van der Waals surface area contributed by atoms with E-state index in [4.69, 9.17) is 9.94 Å². The molecule has 0 aliphatic heterocycles. The lowest BCUT2D eigenvalue weighted by Crippen LogP contribution is -2.28. The molecule has 1 heterocycles. The number of hydroxylamine groups is 1. The number of rotatable bonds is 7. The van der Waals surface area contributed by atoms with Crippen molar-refractivity contribution in [2.75, 3.05) is 5.06 Å². The first-order valence-corrected chi connectivity index (χ1v) is 10.7. The number of pyridine rings is 1. The molecule has 34 heavy (non-hydrogen) atoms. The van der Waals surface area contributed by atoms with Crippen molar-refractivity contribution in [3.63, 3.8) is 0 Å². The van der Waals surface area contributed by atoms with Crippen LogP contribution in [0.3, 0.4) is 0 Å². The highest BCUT2D eigenvalue weighted by molar-refractivity contribution is 9.10. The van der Waals surface area contributed by atoms with Gasteiger partial charge in [-0.3, -0.25) is 0 Å². The first kappa shape index (κ1) is 23.4. The summed E-state index contributed by atoms with van der Waals surface area (Å²) in [7, 11) is 0. The second-order valence-electron chi connectivity index (χ2n) is 7.13. The topological polar surface area (TPSA) is 71.9 Å². The van der Waals surface area contributed by atoms with Crippen molar-refractivity contribution in [1.29, 1.82) is 0 Å². The molecule has 3 aromatic carbocycles. The summed E-state index contributed by atoms with van der Waals surface area (Å²) in [5.41, 5.74) is 0.725. The SMILES string of the molecule is O=C(O)c1ccc(ON(Cc2ccc(OC(F)(F)F)cc2)c2ncc3ccccc3c2Br)cc1. The van der Waals surface area contributed by atoms with Gasteiger partial charge in [-0.1, -0.05) is 36.4 Å². The van der Waals surface area contributed by atoms with Gasteiger partial charge in [-0.15, -0.1) is 13.2 Å². The van der Waals surface area contributed by atoms with Crippen LogP contribution in [0.25, 0.3) is 10.8 Å². The molecule has 0 saturated carbocycles. The Kier molecular flexibility index (Phi) is 6.60. The van der Waals surface area contributed by atoms with Crippen molar-refractivity contribution in [1.82, 2.24) is 4.98 Å². The van der Waals surface area contributed by atoms with Gasteiger partial charge in [0.05, 0.1) is 16.6 Å². The van der Waals surface area contributed by atoms with Crippen molar-refractivity contribution in [2.24, 2.45) is 0 Å². The van der Waals surface area contributed by atoms with E-state index in [0.717, 1.165) is 10.8 Å². The standard InChI is InChI=1S/C24H16BrF3N2O4/c25-21-20-4-2-1-3-17(20)13-29-22(21)30(34-19-11-7-16(8-12-19)23(31)32)14-15-5-9-18(10-6-15)33-24(26,27)28/h1-13H,14H2,(H,31,32). The van der Waals surface area contributed by atoms with E-state index < -0.39 is 12.3 Å². The third kappa shape index (κ3) is 5.57. The Morgan fingerprint density at radius 2 is 1.62 bits per heavy atom. The van der Waals surface area contributed by atoms with Crippen LogP contribution in [0.4, 0.5) is 19.0 Å². The molecular weight excluding hydrogens is 517 g/mol. The lowest BCUT2D eigenvalue weighted by Gasteiger charge is -2.25. The molecule has 0 fully saturated rings. The summed E-state index contributed by atoms with van der Waals surface area (Å²) < 4.78 is 42.0. The minimum absolute atomic E-state index is 0.101. The molecule has 0 aliphatic rings. The Morgan fingerprint density at radius 1 is 0.971 bits per heavy atom. The summed E-state index contributed by atoms with van der Waals surface area (Å²) in [5.74, 6) is -0.623. The number of anilines is 1. The molecule has 0 atom stereocenters. The van der Waals surface area contributed by atoms with E-state index in [1.54, 1.807) is 6.20 Å². The Bertz CT molecular complexity index is 1310. The van der Waals surface area contributed by atoms with Gasteiger partial charge in [0.15, 0.2) is 11.6 Å². The van der Waals surface area contributed by atoms with Crippen molar-refractivity contribution < 1.29 is 32.6 Å². The molecule has 174 valence electrons. The number of hydrogen-bond donors (Lipinski definition) is 1. The van der Waals surface area contributed by atoms with Crippen LogP contribution in [0.2, 0.25) is 0 Å². The van der Waals surface area contributed by atoms with E-state index in [1.807, 2.05) is 24.3 Å². The average molecular weight is 533 g/mol. The van der Waals surface area contributed by atoms with E-state index in [1.165, 1.54) is 53.6 Å². The Morgan fingerprint density at radius 3 is 2.26 bits per heavy atom. The number of halogens is 4. The second kappa shape index (κ2) is 9.60. The molecule has 4 aromatic rings. The van der Waals surface area contributed by atoms with Crippen LogP contribution in [0.1, 0.15) is 15.9 Å². The van der Waals surface area contributed by atoms with E-state index in [-0.39, 0.29) is 17.9 Å². The third-order valence-electron chi connectivity index (χ3n) is 4.76. The van der Waals surface area contributed by atoms with Gasteiger partial charge in [0.2, 0.25) is 0 Å². The lowest BCUT2D eigenvalue weighted by atomic mass is 10.1. The van der Waals surface area contributed by atoms with Crippen LogP contribution in [0, 0.1) is 0 Å². The van der Waals surface area contributed by atoms with Gasteiger partial charge in [-0.05, 0) is 57.9 Å². The maximum absolute atomic E-state index is 12.5. The minimum Gasteiger partial charge on any atom is -0.478 e. The molecule has 0 aliphatic carbocycles. The van der Waals surface area contributed by atoms with Crippen LogP contribution in [0.5, 0.6) is 11.5 Å². The zero-order chi connectivity index (χ0) is 24.3. The summed E-state index contributed by atoms with van der Waals surface area (Å²) in [5, 5.41) is 12.4. The van der Waals surface area contributed by atoms with Gasteiger partial charge in [0.25, 0.3) is 0 Å². The molecule has 0 bridgehead atoms. The molecule has 4 rings (SSSR count). The van der Waals surface area contributed by atoms with Crippen molar-refractivity contribution in [2.45, 2.75) is 12.9 Å². The number of alkyl halides is 3. The molecule has 0 radical (unpaired) electrons. The minimum atomic E-state index is -4.78. The highest BCUT2D eigenvalue weighted by Gasteiger charge is 2.31. The monoisotopic (exact) mass is 532 g/mol. The zero-order valence-electron chi connectivity index (χ0n) is 17.3. The molecule has 1 N–H and O–H groups in total. The number of aromatic carboxylic acids is 1. The van der Waals surface area contributed by atoms with Gasteiger partial charge >= 0.3 is 12.3 Å². The summed E-state index contributed by atoms with van der Waals surface area (Å²) in [6.45, 7) is 0.122. The van der Waals surface area contributed by atoms with Crippen LogP contribution < -0.4 is 14.6 Å². The predicted molar refractivity (Wildman–Crippen MR) is 123 cm³/mol. The first-order valence-electron chi connectivity index (χ1n) is 9.86. The van der Waals surface area contributed by atoms with E-state index in [2.05, 4.69) is 25.7 Å². The number of aromatic nitrogens is 1. The molecule has 0 unspecified atom stereocenters. The predicted octanol–water partition coefficient (Wildman–Crippen LogP) is 6.59. The van der Waals surface area contributed by atoms with Gasteiger partial charge < -0.3 is 14.7 Å². The Balaban J connectivity index is 1.67. The van der Waals surface area contributed by atoms with Crippen LogP contribution in [0.15, 0.2) is 83.5 Å². The molecule has 0 saturated heterocycles. The Hall–Kier alpha value is -3.79. The number of nitrogens with zero attached hydrogens (tertiary/aromatic N) is 2. The summed E-state index contributed by atoms with van der Waals surface area (Å²) in [4.78, 5) is 21.6. The van der Waals surface area contributed by atoms with Crippen LogP contribution in [-0.2, 0) is 6.54 Å². The molecule has 6 nitrogen and oxygen atoms in total. The highest BCUT2D eigenvalue weighted by atomic mass is 79.9.